The lowest BCUT2D eigenvalue weighted by Gasteiger charge is -2.52. The molecule has 3 nitrogen and oxygen atoms in total. The molecule has 0 aromatic rings. The van der Waals surface area contributed by atoms with Gasteiger partial charge in [0.1, 0.15) is 0 Å². The van der Waals surface area contributed by atoms with Gasteiger partial charge in [-0.25, -0.2) is 0 Å². The van der Waals surface area contributed by atoms with Gasteiger partial charge >= 0.3 is 0 Å². The predicted molar refractivity (Wildman–Crippen MR) is 68.8 cm³/mol. The zero-order valence-corrected chi connectivity index (χ0v) is 11.3. The van der Waals surface area contributed by atoms with Gasteiger partial charge < -0.3 is 15.6 Å². The third-order valence-electron chi connectivity index (χ3n) is 5.32. The van der Waals surface area contributed by atoms with E-state index < -0.39 is 5.60 Å². The minimum absolute atomic E-state index is 0.0484. The van der Waals surface area contributed by atoms with Crippen molar-refractivity contribution in [2.75, 3.05) is 13.2 Å². The highest BCUT2D eigenvalue weighted by molar-refractivity contribution is 5.06. The largest absolute Gasteiger partial charge is 0.389 e. The molecule has 2 aliphatic rings. The number of nitrogens with two attached hydrogens (primary N) is 1. The van der Waals surface area contributed by atoms with Crippen molar-refractivity contribution in [3.8, 4) is 0 Å². The molecule has 0 aromatic carbocycles. The summed E-state index contributed by atoms with van der Waals surface area (Å²) in [7, 11) is 0. The van der Waals surface area contributed by atoms with Gasteiger partial charge in [-0.05, 0) is 26.2 Å². The molecular weight excluding hydrogens is 214 g/mol. The molecule has 17 heavy (non-hydrogen) atoms. The Balaban J connectivity index is 2.22. The van der Waals surface area contributed by atoms with E-state index in [-0.39, 0.29) is 11.0 Å². The van der Waals surface area contributed by atoms with Crippen LogP contribution in [0.2, 0.25) is 0 Å². The quantitative estimate of drug-likeness (QED) is 0.796. The van der Waals surface area contributed by atoms with Crippen LogP contribution in [0.1, 0.15) is 58.8 Å². The highest BCUT2D eigenvalue weighted by atomic mass is 16.5. The predicted octanol–water partition coefficient (Wildman–Crippen LogP) is 2.22. The summed E-state index contributed by atoms with van der Waals surface area (Å²) in [6.45, 7) is 5.54. The fourth-order valence-electron chi connectivity index (χ4n) is 3.82. The zero-order chi connectivity index (χ0) is 12.6. The molecule has 2 fully saturated rings. The highest BCUT2D eigenvalue weighted by Gasteiger charge is 2.54. The standard InChI is InChI=1S/C14H27NO2/c1-3-12(2)10-14(16,8-9-17-12)13(11-15)6-4-5-7-13/h16H,3-11,15H2,1-2H3. The number of hydrogen-bond acceptors (Lipinski definition) is 3. The Morgan fingerprint density at radius 3 is 2.41 bits per heavy atom. The summed E-state index contributed by atoms with van der Waals surface area (Å²) in [6.07, 6.45) is 7.04. The Kier molecular flexibility index (Phi) is 3.54. The van der Waals surface area contributed by atoms with Crippen LogP contribution < -0.4 is 5.73 Å². The van der Waals surface area contributed by atoms with Crippen molar-refractivity contribution in [1.29, 1.82) is 0 Å². The second-order valence-corrected chi connectivity index (χ2v) is 6.30. The third-order valence-corrected chi connectivity index (χ3v) is 5.32. The monoisotopic (exact) mass is 241 g/mol. The van der Waals surface area contributed by atoms with Crippen LogP contribution in [-0.4, -0.2) is 29.5 Å². The Morgan fingerprint density at radius 2 is 1.88 bits per heavy atom. The van der Waals surface area contributed by atoms with E-state index in [0.29, 0.717) is 13.2 Å². The first-order valence-electron chi connectivity index (χ1n) is 7.06. The van der Waals surface area contributed by atoms with Gasteiger partial charge in [0, 0.05) is 24.8 Å². The van der Waals surface area contributed by atoms with Crippen molar-refractivity contribution in [2.24, 2.45) is 11.1 Å². The molecule has 2 unspecified atom stereocenters. The van der Waals surface area contributed by atoms with Gasteiger partial charge in [0.2, 0.25) is 0 Å². The molecule has 0 aromatic heterocycles. The molecule has 2 rings (SSSR count). The minimum Gasteiger partial charge on any atom is -0.389 e. The first-order chi connectivity index (χ1) is 7.99. The first kappa shape index (κ1) is 13.3. The van der Waals surface area contributed by atoms with E-state index in [1.54, 1.807) is 0 Å². The molecule has 1 aliphatic carbocycles. The van der Waals surface area contributed by atoms with Crippen molar-refractivity contribution >= 4 is 0 Å². The third kappa shape index (κ3) is 2.13. The second kappa shape index (κ2) is 4.52. The average Bonchev–Trinajstić information content (AvgIpc) is 2.79. The first-order valence-corrected chi connectivity index (χ1v) is 7.06. The molecule has 1 aliphatic heterocycles. The molecule has 0 spiro atoms. The average molecular weight is 241 g/mol. The summed E-state index contributed by atoms with van der Waals surface area (Å²) >= 11 is 0. The van der Waals surface area contributed by atoms with Crippen LogP contribution >= 0.6 is 0 Å². The van der Waals surface area contributed by atoms with Gasteiger partial charge in [-0.2, -0.15) is 0 Å². The normalized spacial score (nSPS) is 41.6. The number of ether oxygens (including phenoxy) is 1. The summed E-state index contributed by atoms with van der Waals surface area (Å²) in [4.78, 5) is 0. The molecular formula is C14H27NO2. The van der Waals surface area contributed by atoms with Crippen LogP contribution in [0.3, 0.4) is 0 Å². The van der Waals surface area contributed by atoms with E-state index >= 15 is 0 Å². The number of aliphatic hydroxyl groups is 1. The SMILES string of the molecule is CCC1(C)CC(O)(C2(CN)CCCC2)CCO1. The summed E-state index contributed by atoms with van der Waals surface area (Å²) in [5.74, 6) is 0. The van der Waals surface area contributed by atoms with Gasteiger partial charge in [0.05, 0.1) is 17.8 Å². The topological polar surface area (TPSA) is 55.5 Å². The van der Waals surface area contributed by atoms with Crippen LogP contribution in [0.4, 0.5) is 0 Å². The second-order valence-electron chi connectivity index (χ2n) is 6.30. The molecule has 1 saturated heterocycles. The fraction of sp³-hybridized carbons (Fsp3) is 1.00. The number of hydrogen-bond donors (Lipinski definition) is 2. The van der Waals surface area contributed by atoms with Crippen molar-refractivity contribution in [3.63, 3.8) is 0 Å². The minimum atomic E-state index is -0.610. The summed E-state index contributed by atoms with van der Waals surface area (Å²) in [5, 5.41) is 11.1. The summed E-state index contributed by atoms with van der Waals surface area (Å²) in [6, 6.07) is 0. The van der Waals surface area contributed by atoms with E-state index in [1.807, 2.05) is 0 Å². The van der Waals surface area contributed by atoms with Crippen molar-refractivity contribution in [3.05, 3.63) is 0 Å². The smallest absolute Gasteiger partial charge is 0.0765 e. The maximum absolute atomic E-state index is 11.1. The van der Waals surface area contributed by atoms with Crippen LogP contribution in [0.25, 0.3) is 0 Å². The molecule has 0 bridgehead atoms. The van der Waals surface area contributed by atoms with Gasteiger partial charge in [0.15, 0.2) is 0 Å². The van der Waals surface area contributed by atoms with E-state index in [1.165, 1.54) is 12.8 Å². The fourth-order valence-corrected chi connectivity index (χ4v) is 3.82. The molecule has 100 valence electrons. The molecule has 1 heterocycles. The number of rotatable bonds is 3. The molecule has 3 N–H and O–H groups in total. The van der Waals surface area contributed by atoms with Gasteiger partial charge in [0.25, 0.3) is 0 Å². The Bertz CT molecular complexity index is 275. The molecule has 2 atom stereocenters. The van der Waals surface area contributed by atoms with Crippen molar-refractivity contribution < 1.29 is 9.84 Å². The lowest BCUT2D eigenvalue weighted by molar-refractivity contribution is -0.198. The summed E-state index contributed by atoms with van der Waals surface area (Å²) < 4.78 is 5.86. The Morgan fingerprint density at radius 1 is 1.24 bits per heavy atom. The lowest BCUT2D eigenvalue weighted by atomic mass is 9.63. The van der Waals surface area contributed by atoms with Crippen molar-refractivity contribution in [2.45, 2.75) is 70.0 Å². The highest BCUT2D eigenvalue weighted by Crippen LogP contribution is 2.52. The zero-order valence-electron chi connectivity index (χ0n) is 11.3. The maximum atomic E-state index is 11.1. The van der Waals surface area contributed by atoms with E-state index in [2.05, 4.69) is 13.8 Å². The molecule has 1 saturated carbocycles. The Hall–Kier alpha value is -0.120. The van der Waals surface area contributed by atoms with E-state index in [4.69, 9.17) is 10.5 Å². The van der Waals surface area contributed by atoms with Crippen LogP contribution in [0.15, 0.2) is 0 Å². The van der Waals surface area contributed by atoms with E-state index in [0.717, 1.165) is 32.1 Å². The maximum Gasteiger partial charge on any atom is 0.0765 e. The molecule has 0 amide bonds. The van der Waals surface area contributed by atoms with Gasteiger partial charge in [-0.15, -0.1) is 0 Å². The van der Waals surface area contributed by atoms with Crippen LogP contribution in [0.5, 0.6) is 0 Å². The van der Waals surface area contributed by atoms with Gasteiger partial charge in [-0.3, -0.25) is 0 Å². The van der Waals surface area contributed by atoms with Crippen LogP contribution in [-0.2, 0) is 4.74 Å². The Labute approximate surface area is 105 Å². The lowest BCUT2D eigenvalue weighted by Crippen LogP contribution is -2.58. The molecule has 0 radical (unpaired) electrons. The van der Waals surface area contributed by atoms with Gasteiger partial charge in [-0.1, -0.05) is 19.8 Å². The van der Waals surface area contributed by atoms with Crippen LogP contribution in [0, 0.1) is 5.41 Å². The van der Waals surface area contributed by atoms with Crippen molar-refractivity contribution in [1.82, 2.24) is 0 Å². The molecule has 3 heteroatoms. The van der Waals surface area contributed by atoms with E-state index in [9.17, 15) is 5.11 Å². The summed E-state index contributed by atoms with van der Waals surface area (Å²) in [5.41, 5.74) is 5.19.